The lowest BCUT2D eigenvalue weighted by molar-refractivity contribution is -0.132. The minimum Gasteiger partial charge on any atom is -0.504 e. The lowest BCUT2D eigenvalue weighted by atomic mass is 9.82. The number of aromatic hydroxyl groups is 1. The highest BCUT2D eigenvalue weighted by Crippen LogP contribution is 2.47. The lowest BCUT2D eigenvalue weighted by Gasteiger charge is -2.31. The van der Waals surface area contributed by atoms with E-state index in [1.165, 1.54) is 13.2 Å². The Bertz CT molecular complexity index is 580. The van der Waals surface area contributed by atoms with Crippen molar-refractivity contribution in [2.24, 2.45) is 0 Å². The number of carbonyl (C=O) groups is 1. The third kappa shape index (κ3) is 1.82. The van der Waals surface area contributed by atoms with E-state index in [2.05, 4.69) is 0 Å². The molecule has 0 aliphatic carbocycles. The molecule has 0 saturated carbocycles. The summed E-state index contributed by atoms with van der Waals surface area (Å²) in [5.41, 5.74) is 0.0103. The summed E-state index contributed by atoms with van der Waals surface area (Å²) in [7, 11) is 1.48. The molecule has 2 aliphatic heterocycles. The minimum absolute atomic E-state index is 0.0582. The highest BCUT2D eigenvalue weighted by molar-refractivity contribution is 5.95. The maximum absolute atomic E-state index is 11.7. The molecule has 2 bridgehead atoms. The van der Waals surface area contributed by atoms with Gasteiger partial charge in [0.15, 0.2) is 17.3 Å². The molecule has 20 heavy (non-hydrogen) atoms. The van der Waals surface area contributed by atoms with E-state index in [4.69, 9.17) is 9.47 Å². The average Bonchev–Trinajstić information content (AvgIpc) is 2.80. The van der Waals surface area contributed by atoms with Gasteiger partial charge in [0.25, 0.3) is 0 Å². The fraction of sp³-hybridized carbons (Fsp3) is 0.400. The van der Waals surface area contributed by atoms with Crippen LogP contribution in [0.2, 0.25) is 0 Å². The zero-order valence-corrected chi connectivity index (χ0v) is 11.1. The van der Waals surface area contributed by atoms with Crippen LogP contribution in [0.25, 0.3) is 0 Å². The number of aliphatic hydroxyl groups excluding tert-OH is 1. The number of aliphatic hydroxyl groups is 1. The summed E-state index contributed by atoms with van der Waals surface area (Å²) in [4.78, 5) is 11.7. The normalized spacial score (nSPS) is 31.6. The van der Waals surface area contributed by atoms with Crippen LogP contribution in [0.1, 0.15) is 17.9 Å². The molecule has 2 aliphatic rings. The Hall–Kier alpha value is -1.85. The molecular formula is C15H16O5. The summed E-state index contributed by atoms with van der Waals surface area (Å²) < 4.78 is 10.8. The number of fused-ring (bicyclic) bond motifs is 2. The van der Waals surface area contributed by atoms with E-state index in [1.54, 1.807) is 24.3 Å². The Morgan fingerprint density at radius 2 is 2.30 bits per heavy atom. The predicted octanol–water partition coefficient (Wildman–Crippen LogP) is 1.14. The molecule has 0 amide bonds. The van der Waals surface area contributed by atoms with Crippen molar-refractivity contribution in [1.29, 1.82) is 0 Å². The van der Waals surface area contributed by atoms with Crippen LogP contribution in [-0.4, -0.2) is 41.4 Å². The molecule has 0 radical (unpaired) electrons. The summed E-state index contributed by atoms with van der Waals surface area (Å²) in [5.74, 6) is 0.215. The van der Waals surface area contributed by atoms with Crippen molar-refractivity contribution >= 4 is 5.78 Å². The SMILES string of the molecule is COc1cc([C@@H]2C[C@H]3O[C@]2(CO)C=CC3=O)ccc1O. The Morgan fingerprint density at radius 1 is 1.50 bits per heavy atom. The van der Waals surface area contributed by atoms with Crippen LogP contribution >= 0.6 is 0 Å². The van der Waals surface area contributed by atoms with Crippen LogP contribution in [0.3, 0.4) is 0 Å². The first-order valence-electron chi connectivity index (χ1n) is 6.48. The van der Waals surface area contributed by atoms with Gasteiger partial charge in [-0.3, -0.25) is 4.79 Å². The number of hydrogen-bond acceptors (Lipinski definition) is 5. The van der Waals surface area contributed by atoms with Crippen LogP contribution in [0.15, 0.2) is 30.4 Å². The Morgan fingerprint density at radius 3 is 3.00 bits per heavy atom. The maximum Gasteiger partial charge on any atom is 0.184 e. The molecule has 2 heterocycles. The number of hydrogen-bond donors (Lipinski definition) is 2. The highest BCUT2D eigenvalue weighted by atomic mass is 16.5. The first-order chi connectivity index (χ1) is 9.59. The second kappa shape index (κ2) is 4.61. The van der Waals surface area contributed by atoms with Crippen molar-refractivity contribution in [3.05, 3.63) is 35.9 Å². The van der Waals surface area contributed by atoms with Gasteiger partial charge in [0.1, 0.15) is 11.7 Å². The van der Waals surface area contributed by atoms with Crippen LogP contribution < -0.4 is 4.74 Å². The van der Waals surface area contributed by atoms with Crippen LogP contribution in [-0.2, 0) is 9.53 Å². The average molecular weight is 276 g/mol. The van der Waals surface area contributed by atoms with Gasteiger partial charge in [-0.1, -0.05) is 6.07 Å². The van der Waals surface area contributed by atoms with Crippen molar-refractivity contribution in [3.63, 3.8) is 0 Å². The monoisotopic (exact) mass is 276 g/mol. The van der Waals surface area contributed by atoms with E-state index in [9.17, 15) is 15.0 Å². The van der Waals surface area contributed by atoms with Gasteiger partial charge in [0, 0.05) is 5.92 Å². The Balaban J connectivity index is 2.02. The van der Waals surface area contributed by atoms with E-state index in [0.717, 1.165) is 5.56 Å². The number of benzene rings is 1. The molecule has 3 rings (SSSR count). The number of phenolic OH excluding ortho intramolecular Hbond substituents is 1. The molecule has 2 N–H and O–H groups in total. The number of carbonyl (C=O) groups excluding carboxylic acids is 1. The van der Waals surface area contributed by atoms with Gasteiger partial charge >= 0.3 is 0 Å². The number of methoxy groups -OCH3 is 1. The van der Waals surface area contributed by atoms with E-state index < -0.39 is 11.7 Å². The van der Waals surface area contributed by atoms with Gasteiger partial charge in [0.2, 0.25) is 0 Å². The number of ether oxygens (including phenoxy) is 2. The maximum atomic E-state index is 11.7. The van der Waals surface area contributed by atoms with Crippen molar-refractivity contribution in [1.82, 2.24) is 0 Å². The fourth-order valence-corrected chi connectivity index (χ4v) is 3.00. The van der Waals surface area contributed by atoms with Gasteiger partial charge in [-0.15, -0.1) is 0 Å². The summed E-state index contributed by atoms with van der Waals surface area (Å²) in [6.07, 6.45) is 3.14. The molecule has 1 aromatic rings. The quantitative estimate of drug-likeness (QED) is 0.866. The smallest absolute Gasteiger partial charge is 0.184 e. The molecule has 1 fully saturated rings. The molecule has 0 unspecified atom stereocenters. The van der Waals surface area contributed by atoms with Crippen LogP contribution in [0.5, 0.6) is 11.5 Å². The first-order valence-corrected chi connectivity index (χ1v) is 6.48. The van der Waals surface area contributed by atoms with Gasteiger partial charge in [-0.25, -0.2) is 0 Å². The molecule has 106 valence electrons. The van der Waals surface area contributed by atoms with Gasteiger partial charge in [-0.2, -0.15) is 0 Å². The van der Waals surface area contributed by atoms with Crippen molar-refractivity contribution in [3.8, 4) is 11.5 Å². The third-order valence-electron chi connectivity index (χ3n) is 4.10. The summed E-state index contributed by atoms with van der Waals surface area (Å²) >= 11 is 0. The molecule has 0 aromatic heterocycles. The second-order valence-electron chi connectivity index (χ2n) is 5.17. The minimum atomic E-state index is -0.861. The predicted molar refractivity (Wildman–Crippen MR) is 70.9 cm³/mol. The molecule has 1 aromatic carbocycles. The number of rotatable bonds is 3. The highest BCUT2D eigenvalue weighted by Gasteiger charge is 2.51. The van der Waals surface area contributed by atoms with Crippen molar-refractivity contribution < 1.29 is 24.5 Å². The molecule has 1 saturated heterocycles. The Labute approximate surface area is 116 Å². The zero-order valence-electron chi connectivity index (χ0n) is 11.1. The van der Waals surface area contributed by atoms with E-state index >= 15 is 0 Å². The van der Waals surface area contributed by atoms with Crippen molar-refractivity contribution in [2.45, 2.75) is 24.0 Å². The second-order valence-corrected chi connectivity index (χ2v) is 5.17. The lowest BCUT2D eigenvalue weighted by Crippen LogP contribution is -2.39. The Kier molecular flexibility index (Phi) is 3.03. The van der Waals surface area contributed by atoms with E-state index in [-0.39, 0.29) is 24.1 Å². The zero-order chi connectivity index (χ0) is 14.3. The van der Waals surface area contributed by atoms with Gasteiger partial charge in [-0.05, 0) is 36.3 Å². The molecule has 5 heteroatoms. The first kappa shape index (κ1) is 13.1. The van der Waals surface area contributed by atoms with Gasteiger partial charge in [0.05, 0.1) is 13.7 Å². The molecule has 3 atom stereocenters. The van der Waals surface area contributed by atoms with Gasteiger partial charge < -0.3 is 19.7 Å². The molecular weight excluding hydrogens is 260 g/mol. The summed E-state index contributed by atoms with van der Waals surface area (Å²) in [6, 6.07) is 5.04. The number of ketones is 1. The fourth-order valence-electron chi connectivity index (χ4n) is 3.00. The summed E-state index contributed by atoms with van der Waals surface area (Å²) in [5, 5.41) is 19.4. The molecule has 5 nitrogen and oxygen atoms in total. The standard InChI is InChI=1S/C15H16O5/c1-19-13-6-9(2-3-11(13)17)10-7-14-12(18)4-5-15(10,8-16)20-14/h2-6,10,14,16-17H,7-8H2,1H3/t10-,14+,15-/m0/s1. The van der Waals surface area contributed by atoms with E-state index in [0.29, 0.717) is 12.2 Å². The largest absolute Gasteiger partial charge is 0.504 e. The third-order valence-corrected chi connectivity index (χ3v) is 4.10. The van der Waals surface area contributed by atoms with E-state index in [1.807, 2.05) is 0 Å². The molecule has 0 spiro atoms. The van der Waals surface area contributed by atoms with Crippen LogP contribution in [0, 0.1) is 0 Å². The topological polar surface area (TPSA) is 76.0 Å². The van der Waals surface area contributed by atoms with Crippen molar-refractivity contribution in [2.75, 3.05) is 13.7 Å². The number of phenols is 1. The summed E-state index contributed by atoms with van der Waals surface area (Å²) in [6.45, 7) is -0.193. The van der Waals surface area contributed by atoms with Crippen LogP contribution in [0.4, 0.5) is 0 Å².